The molecule has 5 nitrogen and oxygen atoms in total. The standard InChI is InChI=1S/C10H10BrClF3NO4S/c1-20-9-6(11)2-5(12)3-7(9)21(18,19)16-4-8(17)10(13,14)15/h2-3,8,16-17H,4H2,1H3. The van der Waals surface area contributed by atoms with Gasteiger partial charge in [-0.05, 0) is 28.1 Å². The van der Waals surface area contributed by atoms with Gasteiger partial charge in [-0.1, -0.05) is 11.6 Å². The molecule has 0 aromatic heterocycles. The van der Waals surface area contributed by atoms with Crippen LogP contribution in [0, 0.1) is 0 Å². The van der Waals surface area contributed by atoms with Crippen molar-refractivity contribution in [3.05, 3.63) is 21.6 Å². The first-order valence-electron chi connectivity index (χ1n) is 5.26. The van der Waals surface area contributed by atoms with E-state index in [1.54, 1.807) is 4.72 Å². The number of ether oxygens (including phenoxy) is 1. The van der Waals surface area contributed by atoms with Crippen LogP contribution in [0.3, 0.4) is 0 Å². The summed E-state index contributed by atoms with van der Waals surface area (Å²) in [7, 11) is -3.16. The van der Waals surface area contributed by atoms with Crippen molar-refractivity contribution in [2.24, 2.45) is 0 Å². The van der Waals surface area contributed by atoms with Crippen molar-refractivity contribution in [3.8, 4) is 5.75 Å². The number of nitrogens with one attached hydrogen (secondary N) is 1. The predicted octanol–water partition coefficient (Wildman–Crippen LogP) is 2.31. The van der Waals surface area contributed by atoms with E-state index in [4.69, 9.17) is 21.4 Å². The number of alkyl halides is 3. The average molecular weight is 413 g/mol. The van der Waals surface area contributed by atoms with Crippen molar-refractivity contribution in [1.82, 2.24) is 4.72 Å². The summed E-state index contributed by atoms with van der Waals surface area (Å²) in [6, 6.07) is 2.39. The lowest BCUT2D eigenvalue weighted by Crippen LogP contribution is -2.40. The molecule has 11 heteroatoms. The molecule has 0 aliphatic rings. The molecule has 0 amide bonds. The molecular weight excluding hydrogens is 403 g/mol. The van der Waals surface area contributed by atoms with Crippen LogP contribution in [0.5, 0.6) is 5.75 Å². The third-order valence-electron chi connectivity index (χ3n) is 2.31. The summed E-state index contributed by atoms with van der Waals surface area (Å²) in [5.74, 6) is -0.117. The first-order chi connectivity index (χ1) is 9.49. The summed E-state index contributed by atoms with van der Waals surface area (Å²) in [5.41, 5.74) is 0. The minimum absolute atomic E-state index is 0.0411. The third kappa shape index (κ3) is 4.71. The van der Waals surface area contributed by atoms with E-state index in [9.17, 15) is 21.6 Å². The second kappa shape index (κ2) is 6.69. The largest absolute Gasteiger partial charge is 0.494 e. The Morgan fingerprint density at radius 3 is 2.52 bits per heavy atom. The first-order valence-corrected chi connectivity index (χ1v) is 7.92. The van der Waals surface area contributed by atoms with Crippen LogP contribution in [-0.4, -0.2) is 39.5 Å². The maximum atomic E-state index is 12.2. The number of aliphatic hydroxyl groups excluding tert-OH is 1. The van der Waals surface area contributed by atoms with Gasteiger partial charge >= 0.3 is 6.18 Å². The Labute approximate surface area is 132 Å². The van der Waals surface area contributed by atoms with Gasteiger partial charge in [0.15, 0.2) is 11.9 Å². The van der Waals surface area contributed by atoms with Crippen molar-refractivity contribution < 1.29 is 31.4 Å². The molecule has 0 bridgehead atoms. The molecule has 21 heavy (non-hydrogen) atoms. The fourth-order valence-corrected chi connectivity index (χ4v) is 3.74. The van der Waals surface area contributed by atoms with Crippen LogP contribution in [-0.2, 0) is 10.0 Å². The quantitative estimate of drug-likeness (QED) is 0.778. The molecule has 1 unspecified atom stereocenters. The van der Waals surface area contributed by atoms with Gasteiger partial charge < -0.3 is 9.84 Å². The Morgan fingerprint density at radius 1 is 1.48 bits per heavy atom. The number of rotatable bonds is 5. The number of benzene rings is 1. The summed E-state index contributed by atoms with van der Waals surface area (Å²) in [6.07, 6.45) is -7.75. The molecule has 2 N–H and O–H groups in total. The lowest BCUT2D eigenvalue weighted by Gasteiger charge is -2.16. The van der Waals surface area contributed by atoms with Crippen LogP contribution < -0.4 is 9.46 Å². The molecule has 0 saturated heterocycles. The van der Waals surface area contributed by atoms with E-state index in [1.807, 2.05) is 0 Å². The second-order valence-electron chi connectivity index (χ2n) is 3.83. The number of aliphatic hydroxyl groups is 1. The minimum Gasteiger partial charge on any atom is -0.494 e. The number of methoxy groups -OCH3 is 1. The number of hydrogen-bond donors (Lipinski definition) is 2. The van der Waals surface area contributed by atoms with Gasteiger partial charge in [0.2, 0.25) is 10.0 Å². The Hall–Kier alpha value is -0.550. The highest BCUT2D eigenvalue weighted by Crippen LogP contribution is 2.35. The Morgan fingerprint density at radius 2 is 2.05 bits per heavy atom. The van der Waals surface area contributed by atoms with Crippen molar-refractivity contribution >= 4 is 37.6 Å². The van der Waals surface area contributed by atoms with E-state index < -0.39 is 33.7 Å². The van der Waals surface area contributed by atoms with Gasteiger partial charge in [0.1, 0.15) is 4.90 Å². The minimum atomic E-state index is -4.93. The second-order valence-corrected chi connectivity index (χ2v) is 6.85. The van der Waals surface area contributed by atoms with Gasteiger partial charge in [0, 0.05) is 11.6 Å². The van der Waals surface area contributed by atoms with E-state index in [0.29, 0.717) is 0 Å². The molecule has 0 aliphatic carbocycles. The Bertz CT molecular complexity index is 623. The van der Waals surface area contributed by atoms with E-state index in [-0.39, 0.29) is 15.2 Å². The molecule has 1 aromatic rings. The summed E-state index contributed by atoms with van der Waals surface area (Å²) in [4.78, 5) is -0.446. The summed E-state index contributed by atoms with van der Waals surface area (Å²) in [5, 5.41) is 8.85. The molecule has 0 fully saturated rings. The smallest absolute Gasteiger partial charge is 0.415 e. The van der Waals surface area contributed by atoms with E-state index >= 15 is 0 Å². The van der Waals surface area contributed by atoms with Crippen molar-refractivity contribution in [3.63, 3.8) is 0 Å². The van der Waals surface area contributed by atoms with Crippen LogP contribution >= 0.6 is 27.5 Å². The molecule has 1 rings (SSSR count). The van der Waals surface area contributed by atoms with Gasteiger partial charge in [-0.3, -0.25) is 0 Å². The maximum Gasteiger partial charge on any atom is 0.415 e. The monoisotopic (exact) mass is 411 g/mol. The zero-order valence-electron chi connectivity index (χ0n) is 10.4. The van der Waals surface area contributed by atoms with Crippen molar-refractivity contribution in [2.75, 3.05) is 13.7 Å². The van der Waals surface area contributed by atoms with Crippen LogP contribution in [0.1, 0.15) is 0 Å². The van der Waals surface area contributed by atoms with Crippen molar-refractivity contribution in [2.45, 2.75) is 17.2 Å². The number of hydrogen-bond acceptors (Lipinski definition) is 4. The summed E-state index contributed by atoms with van der Waals surface area (Å²) >= 11 is 8.74. The lowest BCUT2D eigenvalue weighted by molar-refractivity contribution is -0.200. The molecule has 0 spiro atoms. The maximum absolute atomic E-state index is 12.2. The van der Waals surface area contributed by atoms with Crippen LogP contribution in [0.25, 0.3) is 0 Å². The van der Waals surface area contributed by atoms with Crippen LogP contribution in [0.2, 0.25) is 5.02 Å². The highest BCUT2D eigenvalue weighted by molar-refractivity contribution is 9.10. The van der Waals surface area contributed by atoms with Gasteiger partial charge in [-0.25, -0.2) is 13.1 Å². The molecule has 120 valence electrons. The average Bonchev–Trinajstić information content (AvgIpc) is 2.34. The predicted molar refractivity (Wildman–Crippen MR) is 73.0 cm³/mol. The molecule has 1 atom stereocenters. The fourth-order valence-electron chi connectivity index (χ4n) is 1.32. The SMILES string of the molecule is COc1c(Br)cc(Cl)cc1S(=O)(=O)NCC(O)C(F)(F)F. The number of sulfonamides is 1. The Balaban J connectivity index is 3.09. The van der Waals surface area contributed by atoms with Crippen LogP contribution in [0.15, 0.2) is 21.5 Å². The van der Waals surface area contributed by atoms with E-state index in [0.717, 1.165) is 6.07 Å². The molecule has 0 radical (unpaired) electrons. The first kappa shape index (κ1) is 18.5. The van der Waals surface area contributed by atoms with E-state index in [2.05, 4.69) is 15.9 Å². The zero-order chi connectivity index (χ0) is 16.4. The molecule has 0 saturated carbocycles. The van der Waals surface area contributed by atoms with Gasteiger partial charge in [0.05, 0.1) is 11.6 Å². The molecular formula is C10H10BrClF3NO4S. The van der Waals surface area contributed by atoms with Gasteiger partial charge in [-0.2, -0.15) is 13.2 Å². The summed E-state index contributed by atoms with van der Waals surface area (Å²) in [6.45, 7) is -1.22. The molecule has 1 aromatic carbocycles. The van der Waals surface area contributed by atoms with Crippen molar-refractivity contribution in [1.29, 1.82) is 0 Å². The topological polar surface area (TPSA) is 75.6 Å². The zero-order valence-corrected chi connectivity index (χ0v) is 13.6. The van der Waals surface area contributed by atoms with Crippen LogP contribution in [0.4, 0.5) is 13.2 Å². The van der Waals surface area contributed by atoms with E-state index in [1.165, 1.54) is 13.2 Å². The fraction of sp³-hybridized carbons (Fsp3) is 0.400. The summed E-state index contributed by atoms with van der Waals surface area (Å²) < 4.78 is 67.2. The normalized spacial score (nSPS) is 14.0. The molecule has 0 heterocycles. The van der Waals surface area contributed by atoms with Gasteiger partial charge in [0.25, 0.3) is 0 Å². The third-order valence-corrected chi connectivity index (χ3v) is 4.55. The molecule has 0 aliphatic heterocycles. The van der Waals surface area contributed by atoms with Gasteiger partial charge in [-0.15, -0.1) is 0 Å². The highest BCUT2D eigenvalue weighted by Gasteiger charge is 2.39. The lowest BCUT2D eigenvalue weighted by atomic mass is 10.3. The highest BCUT2D eigenvalue weighted by atomic mass is 79.9. The Kier molecular flexibility index (Phi) is 5.90. The number of halogens is 5.